The summed E-state index contributed by atoms with van der Waals surface area (Å²) in [6.07, 6.45) is 0. The Labute approximate surface area is 127 Å². The second-order valence-electron chi connectivity index (χ2n) is 6.14. The van der Waals surface area contributed by atoms with Crippen molar-refractivity contribution in [2.24, 2.45) is 0 Å². The fourth-order valence-corrected chi connectivity index (χ4v) is 3.09. The Morgan fingerprint density at radius 2 is 1.86 bits per heavy atom. The molecule has 1 aromatic carbocycles. The van der Waals surface area contributed by atoms with Gasteiger partial charge < -0.3 is 0 Å². The number of hydrogen-bond donors (Lipinski definition) is 0. The summed E-state index contributed by atoms with van der Waals surface area (Å²) in [4.78, 5) is 5.39. The van der Waals surface area contributed by atoms with Crippen LogP contribution < -0.4 is 0 Å². The molecule has 3 rings (SSSR count). The monoisotopic (exact) mass is 296 g/mol. The number of hydrogen-bond acceptors (Lipinski definition) is 4. The highest BCUT2D eigenvalue weighted by Crippen LogP contribution is 2.31. The molecule has 0 amide bonds. The van der Waals surface area contributed by atoms with Crippen molar-refractivity contribution < 1.29 is 0 Å². The number of benzene rings is 1. The fourth-order valence-electron chi connectivity index (χ4n) is 2.18. The van der Waals surface area contributed by atoms with Crippen LogP contribution in [-0.4, -0.2) is 14.6 Å². The lowest BCUT2D eigenvalue weighted by molar-refractivity contribution is 0.570. The second-order valence-corrected chi connectivity index (χ2v) is 7.09. The van der Waals surface area contributed by atoms with Crippen molar-refractivity contribution in [1.82, 2.24) is 14.6 Å². The Morgan fingerprint density at radius 1 is 1.19 bits per heavy atom. The zero-order valence-corrected chi connectivity index (χ0v) is 13.3. The molecule has 0 fully saturated rings. The minimum Gasteiger partial charge on any atom is -0.221 e. The summed E-state index contributed by atoms with van der Waals surface area (Å²) in [6, 6.07) is 10.5. The highest BCUT2D eigenvalue weighted by Gasteiger charge is 2.26. The maximum absolute atomic E-state index is 9.44. The molecular weight excluding hydrogens is 280 g/mol. The molecule has 106 valence electrons. The maximum Gasteiger partial charge on any atom is 0.214 e. The molecule has 0 radical (unpaired) electrons. The molecule has 0 aliphatic carbocycles. The van der Waals surface area contributed by atoms with Gasteiger partial charge in [-0.05, 0) is 6.92 Å². The Morgan fingerprint density at radius 3 is 2.43 bits per heavy atom. The van der Waals surface area contributed by atoms with Crippen molar-refractivity contribution in [3.05, 3.63) is 41.2 Å². The van der Waals surface area contributed by atoms with E-state index in [2.05, 4.69) is 56.0 Å². The summed E-state index contributed by atoms with van der Waals surface area (Å²) < 4.78 is 1.67. The van der Waals surface area contributed by atoms with E-state index in [1.54, 1.807) is 4.52 Å². The number of aryl methyl sites for hydroxylation is 1. The molecule has 4 nitrogen and oxygen atoms in total. The Balaban J connectivity index is 2.17. The summed E-state index contributed by atoms with van der Waals surface area (Å²) in [5.41, 5.74) is 3.44. The van der Waals surface area contributed by atoms with E-state index in [1.165, 1.54) is 16.9 Å². The van der Waals surface area contributed by atoms with E-state index in [9.17, 15) is 5.26 Å². The van der Waals surface area contributed by atoms with Crippen LogP contribution in [0.4, 0.5) is 0 Å². The maximum atomic E-state index is 9.44. The average molecular weight is 296 g/mol. The van der Waals surface area contributed by atoms with Crippen molar-refractivity contribution in [3.8, 4) is 16.6 Å². The largest absolute Gasteiger partial charge is 0.221 e. The number of rotatable bonds is 1. The summed E-state index contributed by atoms with van der Waals surface area (Å²) >= 11 is 1.51. The van der Waals surface area contributed by atoms with Crippen molar-refractivity contribution in [1.29, 1.82) is 5.26 Å². The van der Waals surface area contributed by atoms with Gasteiger partial charge in [-0.3, -0.25) is 0 Å². The average Bonchev–Trinajstić information content (AvgIpc) is 2.95. The Bertz CT molecular complexity index is 841. The number of aromatic nitrogens is 3. The number of imidazole rings is 1. The van der Waals surface area contributed by atoms with Crippen molar-refractivity contribution >= 4 is 16.3 Å². The van der Waals surface area contributed by atoms with Crippen LogP contribution >= 0.6 is 11.3 Å². The predicted octanol–water partition coefficient (Wildman–Crippen LogP) is 3.94. The molecule has 5 heteroatoms. The van der Waals surface area contributed by atoms with Gasteiger partial charge >= 0.3 is 0 Å². The zero-order valence-electron chi connectivity index (χ0n) is 12.5. The van der Waals surface area contributed by atoms with Crippen molar-refractivity contribution in [2.45, 2.75) is 33.1 Å². The molecule has 0 aliphatic rings. The summed E-state index contributed by atoms with van der Waals surface area (Å²) in [5, 5.41) is 14.9. The van der Waals surface area contributed by atoms with Crippen LogP contribution in [0.1, 0.15) is 37.7 Å². The molecular formula is C16H16N4S. The van der Waals surface area contributed by atoms with Crippen LogP contribution in [0.2, 0.25) is 0 Å². The smallest absolute Gasteiger partial charge is 0.214 e. The lowest BCUT2D eigenvalue weighted by Crippen LogP contribution is -2.14. The highest BCUT2D eigenvalue weighted by atomic mass is 32.1. The molecule has 0 unspecified atom stereocenters. The van der Waals surface area contributed by atoms with E-state index in [0.29, 0.717) is 5.69 Å². The second kappa shape index (κ2) is 4.68. The first kappa shape index (κ1) is 13.8. The van der Waals surface area contributed by atoms with Crippen molar-refractivity contribution in [2.75, 3.05) is 0 Å². The molecule has 0 saturated heterocycles. The third-order valence-electron chi connectivity index (χ3n) is 3.32. The highest BCUT2D eigenvalue weighted by molar-refractivity contribution is 7.19. The molecule has 0 saturated carbocycles. The standard InChI is InChI=1S/C16H16N4S/c1-10-5-7-11(8-6-10)14-19-20-12(9-17)13(16(2,3)4)18-15(20)21-14/h5-8H,1-4H3. The predicted molar refractivity (Wildman–Crippen MR) is 84.5 cm³/mol. The molecule has 0 aliphatic heterocycles. The molecule has 2 heterocycles. The first-order valence-electron chi connectivity index (χ1n) is 6.77. The number of nitrogens with zero attached hydrogens (tertiary/aromatic N) is 4. The molecule has 2 aromatic heterocycles. The van der Waals surface area contributed by atoms with Gasteiger partial charge in [0.05, 0.1) is 5.69 Å². The lowest BCUT2D eigenvalue weighted by Gasteiger charge is -2.14. The SMILES string of the molecule is Cc1ccc(-c2nn3c(C#N)c(C(C)(C)C)nc3s2)cc1. The van der Waals surface area contributed by atoms with Crippen LogP contribution in [-0.2, 0) is 5.41 Å². The van der Waals surface area contributed by atoms with E-state index in [4.69, 9.17) is 0 Å². The minimum atomic E-state index is -0.164. The van der Waals surface area contributed by atoms with Crippen LogP contribution in [0.5, 0.6) is 0 Å². The van der Waals surface area contributed by atoms with Gasteiger partial charge in [-0.15, -0.1) is 0 Å². The van der Waals surface area contributed by atoms with Gasteiger partial charge in [0.25, 0.3) is 0 Å². The van der Waals surface area contributed by atoms with Crippen molar-refractivity contribution in [3.63, 3.8) is 0 Å². The van der Waals surface area contributed by atoms with Crippen LogP contribution in [0.3, 0.4) is 0 Å². The Kier molecular flexibility index (Phi) is 3.07. The normalized spacial score (nSPS) is 11.8. The fraction of sp³-hybridized carbons (Fsp3) is 0.312. The van der Waals surface area contributed by atoms with Gasteiger partial charge in [0.2, 0.25) is 4.96 Å². The quantitative estimate of drug-likeness (QED) is 0.683. The topological polar surface area (TPSA) is 54.0 Å². The van der Waals surface area contributed by atoms with Gasteiger partial charge in [0, 0.05) is 11.0 Å². The van der Waals surface area contributed by atoms with E-state index in [0.717, 1.165) is 21.2 Å². The summed E-state index contributed by atoms with van der Waals surface area (Å²) in [6.45, 7) is 8.23. The summed E-state index contributed by atoms with van der Waals surface area (Å²) in [5.74, 6) is 0. The summed E-state index contributed by atoms with van der Waals surface area (Å²) in [7, 11) is 0. The third-order valence-corrected chi connectivity index (χ3v) is 4.28. The van der Waals surface area contributed by atoms with Gasteiger partial charge in [0.15, 0.2) is 5.69 Å². The number of nitriles is 1. The van der Waals surface area contributed by atoms with Gasteiger partial charge in [-0.1, -0.05) is 61.9 Å². The molecule has 0 N–H and O–H groups in total. The molecule has 0 atom stereocenters. The van der Waals surface area contributed by atoms with Crippen LogP contribution in [0, 0.1) is 18.3 Å². The van der Waals surface area contributed by atoms with Gasteiger partial charge in [0.1, 0.15) is 11.1 Å². The zero-order chi connectivity index (χ0) is 15.2. The van der Waals surface area contributed by atoms with Crippen LogP contribution in [0.25, 0.3) is 15.5 Å². The third kappa shape index (κ3) is 2.32. The molecule has 21 heavy (non-hydrogen) atoms. The van der Waals surface area contributed by atoms with Crippen LogP contribution in [0.15, 0.2) is 24.3 Å². The number of fused-ring (bicyclic) bond motifs is 1. The molecule has 0 bridgehead atoms. The Hall–Kier alpha value is -2.19. The van der Waals surface area contributed by atoms with E-state index < -0.39 is 0 Å². The first-order valence-corrected chi connectivity index (χ1v) is 7.59. The van der Waals surface area contributed by atoms with E-state index >= 15 is 0 Å². The van der Waals surface area contributed by atoms with Gasteiger partial charge in [-0.2, -0.15) is 14.9 Å². The van der Waals surface area contributed by atoms with E-state index in [-0.39, 0.29) is 5.41 Å². The first-order chi connectivity index (χ1) is 9.90. The molecule has 3 aromatic rings. The molecule has 0 spiro atoms. The van der Waals surface area contributed by atoms with Gasteiger partial charge in [-0.25, -0.2) is 4.98 Å². The lowest BCUT2D eigenvalue weighted by atomic mass is 9.91. The minimum absolute atomic E-state index is 0.164. The van der Waals surface area contributed by atoms with E-state index in [1.807, 2.05) is 12.1 Å².